The van der Waals surface area contributed by atoms with Crippen LogP contribution in [-0.4, -0.2) is 36.9 Å². The summed E-state index contributed by atoms with van der Waals surface area (Å²) in [6, 6.07) is 13.1. The molecule has 0 aliphatic carbocycles. The van der Waals surface area contributed by atoms with E-state index in [1.54, 1.807) is 36.4 Å². The predicted octanol–water partition coefficient (Wildman–Crippen LogP) is 2.57. The highest BCUT2D eigenvalue weighted by Crippen LogP contribution is 2.31. The molecule has 2 amide bonds. The molecule has 0 spiro atoms. The highest BCUT2D eigenvalue weighted by atomic mass is 19.1. The maximum Gasteiger partial charge on any atom is 0.251 e. The number of anilines is 1. The van der Waals surface area contributed by atoms with E-state index in [1.165, 1.54) is 12.1 Å². The van der Waals surface area contributed by atoms with E-state index in [1.807, 2.05) is 7.05 Å². The number of hydrogen-bond acceptors (Lipinski definition) is 3. The molecule has 2 aromatic rings. The largest absolute Gasteiger partial charge is 0.347 e. The summed E-state index contributed by atoms with van der Waals surface area (Å²) in [6.45, 7) is 0.856. The quantitative estimate of drug-likeness (QED) is 0.822. The molecule has 3 rings (SSSR count). The van der Waals surface area contributed by atoms with Gasteiger partial charge in [0.25, 0.3) is 5.91 Å². The van der Waals surface area contributed by atoms with Crippen LogP contribution < -0.4 is 10.6 Å². The van der Waals surface area contributed by atoms with Crippen LogP contribution in [0.4, 0.5) is 10.1 Å². The van der Waals surface area contributed by atoms with Gasteiger partial charge in [-0.05, 0) is 55.4 Å². The van der Waals surface area contributed by atoms with Gasteiger partial charge in [0.05, 0.1) is 12.1 Å². The zero-order valence-electron chi connectivity index (χ0n) is 13.9. The molecule has 1 heterocycles. The predicted molar refractivity (Wildman–Crippen MR) is 93.8 cm³/mol. The van der Waals surface area contributed by atoms with Crippen LogP contribution in [0.25, 0.3) is 0 Å². The second-order valence-corrected chi connectivity index (χ2v) is 6.19. The molecule has 2 unspecified atom stereocenters. The van der Waals surface area contributed by atoms with Gasteiger partial charge in [-0.1, -0.05) is 12.1 Å². The van der Waals surface area contributed by atoms with E-state index in [0.717, 1.165) is 18.5 Å². The van der Waals surface area contributed by atoms with E-state index in [0.29, 0.717) is 17.7 Å². The van der Waals surface area contributed by atoms with Crippen molar-refractivity contribution in [1.29, 1.82) is 0 Å². The topological polar surface area (TPSA) is 61.4 Å². The third-order valence-corrected chi connectivity index (χ3v) is 4.55. The number of likely N-dealkylation sites (N-methyl/N-ethyl adjacent to an activating group) is 1. The smallest absolute Gasteiger partial charge is 0.251 e. The van der Waals surface area contributed by atoms with E-state index < -0.39 is 0 Å². The highest BCUT2D eigenvalue weighted by molar-refractivity contribution is 5.95. The molecule has 2 aromatic carbocycles. The standard InChI is InChI=1S/C19H20FN3O2/c1-23-11-10-17(18(23)13-2-6-15(20)7-3-13)22-19(25)14-4-8-16(9-5-14)21-12-24/h2-9,12,17-18H,10-11H2,1H3,(H,21,24)(H,22,25). The molecule has 2 N–H and O–H groups in total. The third kappa shape index (κ3) is 3.85. The van der Waals surface area contributed by atoms with E-state index in [2.05, 4.69) is 15.5 Å². The van der Waals surface area contributed by atoms with Crippen molar-refractivity contribution in [3.63, 3.8) is 0 Å². The lowest BCUT2D eigenvalue weighted by Crippen LogP contribution is -2.38. The van der Waals surface area contributed by atoms with Crippen molar-refractivity contribution < 1.29 is 14.0 Å². The highest BCUT2D eigenvalue weighted by Gasteiger charge is 2.34. The van der Waals surface area contributed by atoms with Crippen molar-refractivity contribution in [1.82, 2.24) is 10.2 Å². The van der Waals surface area contributed by atoms with Crippen LogP contribution in [0.1, 0.15) is 28.4 Å². The monoisotopic (exact) mass is 341 g/mol. The SMILES string of the molecule is CN1CCC(NC(=O)c2ccc(NC=O)cc2)C1c1ccc(F)cc1. The van der Waals surface area contributed by atoms with Crippen molar-refractivity contribution >= 4 is 18.0 Å². The number of halogens is 1. The Morgan fingerprint density at radius 1 is 1.16 bits per heavy atom. The van der Waals surface area contributed by atoms with Crippen molar-refractivity contribution in [2.45, 2.75) is 18.5 Å². The van der Waals surface area contributed by atoms with Gasteiger partial charge in [0.2, 0.25) is 6.41 Å². The Hall–Kier alpha value is -2.73. The summed E-state index contributed by atoms with van der Waals surface area (Å²) in [5.41, 5.74) is 2.15. The van der Waals surface area contributed by atoms with Crippen LogP contribution in [0.5, 0.6) is 0 Å². The normalized spacial score (nSPS) is 20.2. The maximum absolute atomic E-state index is 13.2. The fourth-order valence-electron chi connectivity index (χ4n) is 3.28. The summed E-state index contributed by atoms with van der Waals surface area (Å²) in [5, 5.41) is 5.61. The van der Waals surface area contributed by atoms with Gasteiger partial charge in [-0.15, -0.1) is 0 Å². The lowest BCUT2D eigenvalue weighted by molar-refractivity contribution is -0.105. The summed E-state index contributed by atoms with van der Waals surface area (Å²) in [6.07, 6.45) is 1.42. The van der Waals surface area contributed by atoms with Crippen molar-refractivity contribution in [3.05, 3.63) is 65.5 Å². The Morgan fingerprint density at radius 3 is 2.48 bits per heavy atom. The first-order valence-electron chi connectivity index (χ1n) is 8.15. The zero-order chi connectivity index (χ0) is 17.8. The van der Waals surface area contributed by atoms with Crippen molar-refractivity contribution in [3.8, 4) is 0 Å². The van der Waals surface area contributed by atoms with Crippen LogP contribution >= 0.6 is 0 Å². The zero-order valence-corrected chi connectivity index (χ0v) is 13.9. The average molecular weight is 341 g/mol. The first-order valence-corrected chi connectivity index (χ1v) is 8.15. The molecule has 0 saturated carbocycles. The van der Waals surface area contributed by atoms with Gasteiger partial charge < -0.3 is 10.6 Å². The summed E-state index contributed by atoms with van der Waals surface area (Å²) in [5.74, 6) is -0.431. The lowest BCUT2D eigenvalue weighted by atomic mass is 9.99. The molecule has 1 saturated heterocycles. The molecule has 0 bridgehead atoms. The number of hydrogen-bond donors (Lipinski definition) is 2. The minimum atomic E-state index is -0.269. The average Bonchev–Trinajstić information content (AvgIpc) is 2.97. The molecule has 130 valence electrons. The molecule has 0 radical (unpaired) electrons. The molecule has 25 heavy (non-hydrogen) atoms. The second kappa shape index (κ2) is 7.44. The van der Waals surface area contributed by atoms with E-state index in [4.69, 9.17) is 0 Å². The van der Waals surface area contributed by atoms with Crippen LogP contribution in [0.3, 0.4) is 0 Å². The Kier molecular flexibility index (Phi) is 5.09. The third-order valence-electron chi connectivity index (χ3n) is 4.55. The Bertz CT molecular complexity index is 746. The van der Waals surface area contributed by atoms with Gasteiger partial charge in [-0.25, -0.2) is 4.39 Å². The molecule has 1 aliphatic heterocycles. The summed E-state index contributed by atoms with van der Waals surface area (Å²) >= 11 is 0. The lowest BCUT2D eigenvalue weighted by Gasteiger charge is -2.26. The maximum atomic E-state index is 13.2. The summed E-state index contributed by atoms with van der Waals surface area (Å²) < 4.78 is 13.2. The number of amides is 2. The molecule has 1 aliphatic rings. The van der Waals surface area contributed by atoms with E-state index in [9.17, 15) is 14.0 Å². The fourth-order valence-corrected chi connectivity index (χ4v) is 3.28. The van der Waals surface area contributed by atoms with Gasteiger partial charge in [0.1, 0.15) is 5.82 Å². The molecular formula is C19H20FN3O2. The number of benzene rings is 2. The fraction of sp³-hybridized carbons (Fsp3) is 0.263. The molecular weight excluding hydrogens is 321 g/mol. The number of likely N-dealkylation sites (tertiary alicyclic amines) is 1. The summed E-state index contributed by atoms with van der Waals surface area (Å²) in [4.78, 5) is 25.1. The van der Waals surface area contributed by atoms with Crippen molar-refractivity contribution in [2.24, 2.45) is 0 Å². The van der Waals surface area contributed by atoms with Crippen LogP contribution in [0, 0.1) is 5.82 Å². The van der Waals surface area contributed by atoms with E-state index >= 15 is 0 Å². The van der Waals surface area contributed by atoms with Gasteiger partial charge in [0.15, 0.2) is 0 Å². The van der Waals surface area contributed by atoms with Crippen LogP contribution in [0.15, 0.2) is 48.5 Å². The first-order chi connectivity index (χ1) is 12.1. The Labute approximate surface area is 145 Å². The molecule has 0 aromatic heterocycles. The van der Waals surface area contributed by atoms with Gasteiger partial charge in [-0.2, -0.15) is 0 Å². The van der Waals surface area contributed by atoms with Gasteiger partial charge in [0, 0.05) is 17.8 Å². The number of carbonyl (C=O) groups is 2. The summed E-state index contributed by atoms with van der Waals surface area (Å²) in [7, 11) is 2.00. The first kappa shape index (κ1) is 17.1. The molecule has 5 nitrogen and oxygen atoms in total. The molecule has 1 fully saturated rings. The second-order valence-electron chi connectivity index (χ2n) is 6.19. The number of rotatable bonds is 5. The Balaban J connectivity index is 1.72. The van der Waals surface area contributed by atoms with Crippen LogP contribution in [-0.2, 0) is 4.79 Å². The number of carbonyl (C=O) groups excluding carboxylic acids is 2. The van der Waals surface area contributed by atoms with Crippen LogP contribution in [0.2, 0.25) is 0 Å². The van der Waals surface area contributed by atoms with Gasteiger partial charge in [-0.3, -0.25) is 14.5 Å². The minimum Gasteiger partial charge on any atom is -0.347 e. The van der Waals surface area contributed by atoms with Crippen molar-refractivity contribution in [2.75, 3.05) is 18.9 Å². The molecule has 6 heteroatoms. The number of nitrogens with zero attached hydrogens (tertiary/aromatic N) is 1. The minimum absolute atomic E-state index is 0.0144. The van der Waals surface area contributed by atoms with E-state index in [-0.39, 0.29) is 23.8 Å². The molecule has 2 atom stereocenters. The number of nitrogens with one attached hydrogen (secondary N) is 2. The van der Waals surface area contributed by atoms with Gasteiger partial charge >= 0.3 is 0 Å². The Morgan fingerprint density at radius 2 is 1.84 bits per heavy atom.